The molecule has 0 N–H and O–H groups in total. The van der Waals surface area contributed by atoms with Crippen LogP contribution in [0.3, 0.4) is 0 Å². The molecule has 0 nitrogen and oxygen atoms in total. The summed E-state index contributed by atoms with van der Waals surface area (Å²) in [5.74, 6) is 0. The van der Waals surface area contributed by atoms with Gasteiger partial charge in [-0.05, 0) is 0 Å². The molecule has 0 aliphatic heterocycles. The summed E-state index contributed by atoms with van der Waals surface area (Å²) < 4.78 is 0. The van der Waals surface area contributed by atoms with Gasteiger partial charge in [0.2, 0.25) is 0 Å². The molecule has 0 heterocycles. The minimum absolute atomic E-state index is 0. The third-order valence-corrected chi connectivity index (χ3v) is 0. The van der Waals surface area contributed by atoms with Crippen LogP contribution in [-0.2, 0) is 16.8 Å². The van der Waals surface area contributed by atoms with Crippen LogP contribution >= 0.6 is 23.3 Å². The SMILES string of the molecule is SS.[Co].[PbH2]. The van der Waals surface area contributed by atoms with E-state index in [0.29, 0.717) is 0 Å². The Kier molecular flexibility index (Phi) is 79.4. The summed E-state index contributed by atoms with van der Waals surface area (Å²) in [4.78, 5) is 0. The first-order valence-corrected chi connectivity index (χ1v) is 1.80. The summed E-state index contributed by atoms with van der Waals surface area (Å²) in [7, 11) is 0. The average molecular weight is 334 g/mol. The van der Waals surface area contributed by atoms with Crippen LogP contribution in [-0.4, -0.2) is 27.3 Å². The molecule has 0 bridgehead atoms. The van der Waals surface area contributed by atoms with Gasteiger partial charge in [0.25, 0.3) is 0 Å². The molecule has 0 rings (SSSR count). The molecule has 0 aromatic heterocycles. The van der Waals surface area contributed by atoms with E-state index in [9.17, 15) is 0 Å². The van der Waals surface area contributed by atoms with Crippen LogP contribution in [0.25, 0.3) is 0 Å². The molecule has 3 radical (unpaired) electrons. The van der Waals surface area contributed by atoms with Crippen LogP contribution < -0.4 is 0 Å². The van der Waals surface area contributed by atoms with Gasteiger partial charge in [0, 0.05) is 16.8 Å². The van der Waals surface area contributed by atoms with E-state index in [1.165, 1.54) is 0 Å². The number of hydrogen-bond acceptors (Lipinski definition) is 2. The van der Waals surface area contributed by atoms with Gasteiger partial charge in [-0.25, -0.2) is 0 Å². The first-order chi connectivity index (χ1) is 1.00. The molecule has 0 saturated heterocycles. The summed E-state index contributed by atoms with van der Waals surface area (Å²) in [6.45, 7) is 0. The predicted octanol–water partition coefficient (Wildman–Crippen LogP) is -0.158. The topological polar surface area (TPSA) is 0 Å². The first kappa shape index (κ1) is 16.5. The van der Waals surface area contributed by atoms with Crippen LogP contribution in [0.5, 0.6) is 0 Å². The fourth-order valence-corrected chi connectivity index (χ4v) is 0. The van der Waals surface area contributed by atoms with E-state index in [4.69, 9.17) is 0 Å². The van der Waals surface area contributed by atoms with Crippen LogP contribution in [0, 0.1) is 0 Å². The molecule has 29 valence electrons. The van der Waals surface area contributed by atoms with Gasteiger partial charge in [0.05, 0.1) is 0 Å². The summed E-state index contributed by atoms with van der Waals surface area (Å²) in [6, 6.07) is 0. The van der Waals surface area contributed by atoms with Gasteiger partial charge in [0.1, 0.15) is 0 Å². The predicted molar refractivity (Wildman–Crippen MR) is 26.5 cm³/mol. The van der Waals surface area contributed by atoms with E-state index < -0.39 is 0 Å². The zero-order valence-electron chi connectivity index (χ0n) is 1.93. The standard InChI is InChI=1S/Co.Pb.H2S2.2H/c;;1-2;;/h;;1-2H;;. The van der Waals surface area contributed by atoms with Crippen molar-refractivity contribution in [1.82, 2.24) is 0 Å². The maximum atomic E-state index is 3.22. The molecule has 0 atom stereocenters. The van der Waals surface area contributed by atoms with Gasteiger partial charge >= 0.3 is 27.3 Å². The number of rotatable bonds is 0. The Morgan fingerprint density at radius 2 is 1.00 bits per heavy atom. The third kappa shape index (κ3) is 8.92. The van der Waals surface area contributed by atoms with E-state index in [-0.39, 0.29) is 44.1 Å². The summed E-state index contributed by atoms with van der Waals surface area (Å²) in [5, 5.41) is 0. The fraction of sp³-hybridized carbons (Fsp3) is 0. The van der Waals surface area contributed by atoms with E-state index in [0.717, 1.165) is 0 Å². The summed E-state index contributed by atoms with van der Waals surface area (Å²) >= 11 is 6.44. The number of hydrogen-bond donors (Lipinski definition) is 2. The molecule has 0 aliphatic rings. The normalized spacial score (nSPS) is 1.50. The molecule has 0 amide bonds. The molecule has 0 unspecified atom stereocenters. The molecule has 0 saturated carbocycles. The molecule has 0 aromatic carbocycles. The molecule has 0 spiro atoms. The number of thiol groups is 2. The van der Waals surface area contributed by atoms with E-state index >= 15 is 0 Å². The van der Waals surface area contributed by atoms with Crippen molar-refractivity contribution >= 4 is 50.6 Å². The van der Waals surface area contributed by atoms with Gasteiger partial charge in [-0.1, -0.05) is 0 Å². The van der Waals surface area contributed by atoms with Gasteiger partial charge in [-0.3, -0.25) is 0 Å². The second-order valence-corrected chi connectivity index (χ2v) is 0. The monoisotopic (exact) mass is 335 g/mol. The Morgan fingerprint density at radius 3 is 1.00 bits per heavy atom. The van der Waals surface area contributed by atoms with Crippen molar-refractivity contribution < 1.29 is 16.8 Å². The molecule has 0 fully saturated rings. The molecular weight excluding hydrogens is 330 g/mol. The molecule has 4 heteroatoms. The van der Waals surface area contributed by atoms with Gasteiger partial charge in [0.15, 0.2) is 0 Å². The first-order valence-electron chi connectivity index (χ1n) is 0.200. The second kappa shape index (κ2) is 19.3. The Balaban J connectivity index is -0.00000000500. The van der Waals surface area contributed by atoms with Crippen molar-refractivity contribution in [2.45, 2.75) is 0 Å². The third-order valence-electron chi connectivity index (χ3n) is 0. The second-order valence-electron chi connectivity index (χ2n) is 0. The van der Waals surface area contributed by atoms with Crippen molar-refractivity contribution in [2.24, 2.45) is 0 Å². The van der Waals surface area contributed by atoms with Gasteiger partial charge < -0.3 is 0 Å². The Bertz CT molecular complexity index is 6.00. The maximum absolute atomic E-state index is 3.22. The van der Waals surface area contributed by atoms with Gasteiger partial charge in [-0.15, -0.1) is 23.3 Å². The molecule has 0 aliphatic carbocycles. The van der Waals surface area contributed by atoms with E-state index in [1.54, 1.807) is 0 Å². The average Bonchev–Trinajstić information content (AvgIpc) is 1.00. The quantitative estimate of drug-likeness (QED) is 0.343. The Morgan fingerprint density at radius 1 is 1.00 bits per heavy atom. The minimum atomic E-state index is 0. The van der Waals surface area contributed by atoms with Crippen LogP contribution in [0.1, 0.15) is 0 Å². The van der Waals surface area contributed by atoms with Crippen molar-refractivity contribution in [1.29, 1.82) is 0 Å². The van der Waals surface area contributed by atoms with E-state index in [1.807, 2.05) is 0 Å². The van der Waals surface area contributed by atoms with Crippen molar-refractivity contribution in [3.05, 3.63) is 0 Å². The van der Waals surface area contributed by atoms with Crippen molar-refractivity contribution in [2.75, 3.05) is 0 Å². The van der Waals surface area contributed by atoms with Crippen LogP contribution in [0.2, 0.25) is 0 Å². The molecule has 4 heavy (non-hydrogen) atoms. The Labute approximate surface area is 66.7 Å². The molecular formula is H4CoPbS2. The summed E-state index contributed by atoms with van der Waals surface area (Å²) in [5.41, 5.74) is 0. The summed E-state index contributed by atoms with van der Waals surface area (Å²) in [6.07, 6.45) is 0. The van der Waals surface area contributed by atoms with Crippen molar-refractivity contribution in [3.8, 4) is 0 Å². The molecule has 0 aromatic rings. The van der Waals surface area contributed by atoms with E-state index in [2.05, 4.69) is 23.3 Å². The van der Waals surface area contributed by atoms with Crippen LogP contribution in [0.15, 0.2) is 0 Å². The fourth-order valence-electron chi connectivity index (χ4n) is 0. The zero-order chi connectivity index (χ0) is 2.00. The van der Waals surface area contributed by atoms with Crippen LogP contribution in [0.4, 0.5) is 0 Å². The Hall–Kier alpha value is 2.13. The zero-order valence-corrected chi connectivity index (χ0v) is 10.3. The van der Waals surface area contributed by atoms with Crippen molar-refractivity contribution in [3.63, 3.8) is 0 Å². The van der Waals surface area contributed by atoms with Gasteiger partial charge in [-0.2, -0.15) is 0 Å².